The summed E-state index contributed by atoms with van der Waals surface area (Å²) in [5, 5.41) is 9.34. The van der Waals surface area contributed by atoms with Crippen LogP contribution in [0.25, 0.3) is 0 Å². The van der Waals surface area contributed by atoms with Crippen molar-refractivity contribution in [3.8, 4) is 6.07 Å². The van der Waals surface area contributed by atoms with Crippen LogP contribution in [0.5, 0.6) is 0 Å². The fourth-order valence-electron chi connectivity index (χ4n) is 7.56. The van der Waals surface area contributed by atoms with Gasteiger partial charge in [0, 0.05) is 23.1 Å². The van der Waals surface area contributed by atoms with Crippen molar-refractivity contribution in [3.05, 3.63) is 169 Å². The highest BCUT2D eigenvalue weighted by atomic mass is 32.7. The summed E-state index contributed by atoms with van der Waals surface area (Å²) in [6.45, 7) is 17.1. The zero-order chi connectivity index (χ0) is 45.1. The van der Waals surface area contributed by atoms with Crippen molar-refractivity contribution in [1.82, 2.24) is 9.55 Å². The zero-order valence-electron chi connectivity index (χ0n) is 37.6. The van der Waals surface area contributed by atoms with Gasteiger partial charge in [0.25, 0.3) is 5.56 Å². The third-order valence-corrected chi connectivity index (χ3v) is 14.9. The molecule has 1 saturated heterocycles. The van der Waals surface area contributed by atoms with Crippen LogP contribution in [0.15, 0.2) is 124 Å². The first-order valence-electron chi connectivity index (χ1n) is 21.1. The van der Waals surface area contributed by atoms with Gasteiger partial charge in [0.15, 0.2) is 0 Å². The number of ether oxygens (including phenoxy) is 2. The van der Waals surface area contributed by atoms with E-state index in [1.165, 1.54) is 27.5 Å². The second-order valence-corrected chi connectivity index (χ2v) is 23.0. The molecule has 1 unspecified atom stereocenters. The van der Waals surface area contributed by atoms with E-state index < -0.39 is 42.1 Å². The number of hydrogen-bond donors (Lipinski definition) is 1. The first kappa shape index (κ1) is 47.0. The molecule has 0 radical (unpaired) electrons. The lowest BCUT2D eigenvalue weighted by Crippen LogP contribution is -2.38. The molecule has 1 fully saturated rings. The molecule has 1 aromatic heterocycles. The summed E-state index contributed by atoms with van der Waals surface area (Å²) < 4.78 is 42.7. The number of aromatic amines is 1. The van der Waals surface area contributed by atoms with Gasteiger partial charge < -0.3 is 9.47 Å². The van der Waals surface area contributed by atoms with E-state index >= 15 is 0 Å². The average Bonchev–Trinajstić information content (AvgIpc) is 3.60. The van der Waals surface area contributed by atoms with Crippen LogP contribution < -0.4 is 11.2 Å². The van der Waals surface area contributed by atoms with E-state index in [2.05, 4.69) is 140 Å². The first-order chi connectivity index (χ1) is 29.1. The van der Waals surface area contributed by atoms with Gasteiger partial charge in [-0.2, -0.15) is 5.26 Å². The fourth-order valence-corrected chi connectivity index (χ4v) is 11.1. The molecule has 0 bridgehead atoms. The quantitative estimate of drug-likeness (QED) is 0.0657. The molecule has 12 heteroatoms. The highest BCUT2D eigenvalue weighted by Crippen LogP contribution is 2.65. The minimum absolute atomic E-state index is 0.00358. The topological polar surface area (TPSA) is 133 Å². The van der Waals surface area contributed by atoms with Crippen LogP contribution in [0, 0.1) is 18.3 Å². The van der Waals surface area contributed by atoms with Gasteiger partial charge in [-0.05, 0) is 80.1 Å². The van der Waals surface area contributed by atoms with Crippen LogP contribution in [-0.4, -0.2) is 35.0 Å². The molecule has 6 rings (SSSR count). The van der Waals surface area contributed by atoms with Gasteiger partial charge in [-0.25, -0.2) is 9.36 Å². The van der Waals surface area contributed by atoms with Gasteiger partial charge in [0.1, 0.15) is 24.0 Å². The predicted octanol–water partition coefficient (Wildman–Crippen LogP) is 11.2. The Bertz CT molecular complexity index is 2370. The molecule has 1 N–H and O–H groups in total. The Hall–Kier alpha value is -4.53. The fraction of sp³-hybridized carbons (Fsp3) is 0.420. The number of aryl methyl sites for hydroxylation is 1. The van der Waals surface area contributed by atoms with E-state index in [1.54, 1.807) is 19.1 Å². The maximum absolute atomic E-state index is 14.8. The summed E-state index contributed by atoms with van der Waals surface area (Å²) in [4.78, 5) is 28.8. The second kappa shape index (κ2) is 18.7. The Labute approximate surface area is 370 Å². The number of aromatic nitrogens is 2. The summed E-state index contributed by atoms with van der Waals surface area (Å²) in [5.41, 5.74) is 3.88. The third kappa shape index (κ3) is 10.8. The molecule has 0 aliphatic carbocycles. The van der Waals surface area contributed by atoms with Crippen LogP contribution in [0.3, 0.4) is 0 Å². The van der Waals surface area contributed by atoms with Crippen molar-refractivity contribution < 1.29 is 23.1 Å². The van der Waals surface area contributed by atoms with Crippen LogP contribution in [-0.2, 0) is 44.9 Å². The lowest BCUT2D eigenvalue weighted by molar-refractivity contribution is -0.0922. The molecule has 5 aromatic rings. The van der Waals surface area contributed by atoms with Gasteiger partial charge in [-0.3, -0.25) is 23.4 Å². The van der Waals surface area contributed by atoms with Gasteiger partial charge in [-0.15, -0.1) is 0 Å². The lowest BCUT2D eigenvalue weighted by Gasteiger charge is -2.38. The molecule has 1 aliphatic rings. The van der Waals surface area contributed by atoms with Gasteiger partial charge in [0.2, 0.25) is 0 Å². The molecular weight excluding hydrogens is 818 g/mol. The molecule has 1 aliphatic heterocycles. The second-order valence-electron chi connectivity index (χ2n) is 19.1. The number of benzene rings is 4. The highest BCUT2D eigenvalue weighted by molar-refractivity contribution is 8.55. The lowest BCUT2D eigenvalue weighted by atomic mass is 9.76. The Morgan fingerprint density at radius 3 is 1.68 bits per heavy atom. The Balaban J connectivity index is 1.50. The predicted molar refractivity (Wildman–Crippen MR) is 247 cm³/mol. The zero-order valence-corrected chi connectivity index (χ0v) is 39.3. The molecule has 10 nitrogen and oxygen atoms in total. The molecular formula is C50H60N3O7PS. The molecule has 0 amide bonds. The summed E-state index contributed by atoms with van der Waals surface area (Å²) >= 11 is 0.948. The van der Waals surface area contributed by atoms with Gasteiger partial charge in [0.05, 0.1) is 25.7 Å². The number of nitrogens with zero attached hydrogens (tertiary/aromatic N) is 2. The molecule has 0 saturated carbocycles. The van der Waals surface area contributed by atoms with E-state index in [4.69, 9.17) is 18.5 Å². The Morgan fingerprint density at radius 1 is 0.758 bits per heavy atom. The van der Waals surface area contributed by atoms with Crippen LogP contribution in [0.4, 0.5) is 0 Å². The molecule has 2 heterocycles. The maximum Gasteiger partial charge on any atom is 0.394 e. The smallest absolute Gasteiger partial charge is 0.358 e. The van der Waals surface area contributed by atoms with Crippen molar-refractivity contribution >= 4 is 18.2 Å². The van der Waals surface area contributed by atoms with Crippen LogP contribution in [0.2, 0.25) is 0 Å². The number of nitriles is 1. The minimum Gasteiger partial charge on any atom is -0.358 e. The Kier molecular flexibility index (Phi) is 14.1. The largest absolute Gasteiger partial charge is 0.394 e. The van der Waals surface area contributed by atoms with Crippen LogP contribution >= 0.6 is 18.2 Å². The van der Waals surface area contributed by atoms with Crippen molar-refractivity contribution in [2.75, 3.05) is 13.2 Å². The van der Waals surface area contributed by atoms with Crippen molar-refractivity contribution in [2.24, 2.45) is 0 Å². The van der Waals surface area contributed by atoms with Crippen molar-refractivity contribution in [2.45, 2.75) is 127 Å². The number of hydrogen-bond acceptors (Lipinski definition) is 9. The molecule has 62 heavy (non-hydrogen) atoms. The molecule has 0 spiro atoms. The third-order valence-electron chi connectivity index (χ3n) is 11.3. The highest BCUT2D eigenvalue weighted by Gasteiger charge is 2.46. The monoisotopic (exact) mass is 877 g/mol. The number of rotatable bonds is 14. The van der Waals surface area contributed by atoms with Gasteiger partial charge in [-0.1, -0.05) is 153 Å². The summed E-state index contributed by atoms with van der Waals surface area (Å²) in [7, 11) is 0. The standard InChI is InChI=1S/C50H60N3O7PS/c1-34-32-53(46(55)52-45(34)54)44-31-42(60-61(56,58-30-14-29-51)62-41-15-12-11-13-16-41)43(59-44)33-57-50(38-23-17-35(18-24-38)47(2,3)4,39-25-19-36(20-26-39)48(5,6)7)40-27-21-37(22-28-40)49(8,9)10/h11-13,15-28,32,42-44H,14,30-31,33H2,1-10H3,(H,52,54,55)/t42-,43+,44+,61?/m0/s1. The van der Waals surface area contributed by atoms with E-state index in [0.29, 0.717) is 10.5 Å². The van der Waals surface area contributed by atoms with E-state index in [9.17, 15) is 19.4 Å². The maximum atomic E-state index is 14.8. The van der Waals surface area contributed by atoms with E-state index in [-0.39, 0.29) is 42.3 Å². The van der Waals surface area contributed by atoms with E-state index in [0.717, 1.165) is 28.1 Å². The Morgan fingerprint density at radius 2 is 1.23 bits per heavy atom. The molecule has 328 valence electrons. The SMILES string of the molecule is Cc1cn([C@H]2C[C@H](OP(=O)(OCCC#N)Sc3ccccc3)[C@@H](COC(c3ccc(C(C)(C)C)cc3)(c3ccc(C(C)(C)C)cc3)c3ccc(C(C)(C)C)cc3)O2)c(=O)[nH]c1=O. The summed E-state index contributed by atoms with van der Waals surface area (Å²) in [6.07, 6.45) is -1.18. The number of H-pyrrole nitrogens is 1. The first-order valence-corrected chi connectivity index (χ1v) is 24.1. The van der Waals surface area contributed by atoms with Crippen LogP contribution in [0.1, 0.15) is 120 Å². The normalized spacial score (nSPS) is 18.3. The molecule has 4 atom stereocenters. The van der Waals surface area contributed by atoms with Crippen molar-refractivity contribution in [1.29, 1.82) is 5.26 Å². The van der Waals surface area contributed by atoms with Gasteiger partial charge >= 0.3 is 12.5 Å². The van der Waals surface area contributed by atoms with E-state index in [1.807, 2.05) is 24.3 Å². The summed E-state index contributed by atoms with van der Waals surface area (Å²) in [5.74, 6) is 0. The van der Waals surface area contributed by atoms with Crippen molar-refractivity contribution in [3.63, 3.8) is 0 Å². The average molecular weight is 878 g/mol. The summed E-state index contributed by atoms with van der Waals surface area (Å²) in [6, 6.07) is 36.8. The molecule has 4 aromatic carbocycles. The minimum atomic E-state index is -4.02. The number of nitrogens with one attached hydrogen (secondary N) is 1.